The maximum absolute atomic E-state index is 9.67. The summed E-state index contributed by atoms with van der Waals surface area (Å²) in [5.41, 5.74) is 11.4. The first-order valence-corrected chi connectivity index (χ1v) is 5.06. The smallest absolute Gasteiger partial charge is 0.109 e. The van der Waals surface area contributed by atoms with Gasteiger partial charge in [0.05, 0.1) is 6.10 Å². The van der Waals surface area contributed by atoms with Gasteiger partial charge in [-0.25, -0.2) is 0 Å². The minimum absolute atomic E-state index is 0.296. The lowest BCUT2D eigenvalue weighted by Gasteiger charge is -2.39. The topological polar surface area (TPSA) is 102 Å². The fourth-order valence-electron chi connectivity index (χ4n) is 1.76. The predicted octanol–water partition coefficient (Wildman–Crippen LogP) is -1.44. The molecule has 84 valence electrons. The van der Waals surface area contributed by atoms with Gasteiger partial charge in [0.2, 0.25) is 0 Å². The van der Waals surface area contributed by atoms with Crippen LogP contribution in [0.15, 0.2) is 0 Å². The largest absolute Gasteiger partial charge is 0.389 e. The zero-order valence-electron chi connectivity index (χ0n) is 8.47. The molecule has 1 aliphatic carbocycles. The van der Waals surface area contributed by atoms with Crippen LogP contribution in [0.3, 0.4) is 0 Å². The van der Waals surface area contributed by atoms with Gasteiger partial charge in [-0.3, -0.25) is 0 Å². The van der Waals surface area contributed by atoms with Gasteiger partial charge in [-0.15, -0.1) is 0 Å². The molecule has 0 radical (unpaired) electrons. The van der Waals surface area contributed by atoms with Crippen molar-refractivity contribution in [2.75, 3.05) is 6.61 Å². The van der Waals surface area contributed by atoms with Gasteiger partial charge < -0.3 is 26.4 Å². The first kappa shape index (κ1) is 11.9. The molecule has 1 saturated carbocycles. The fraction of sp³-hybridized carbons (Fsp3) is 1.00. The van der Waals surface area contributed by atoms with Crippen molar-refractivity contribution in [3.05, 3.63) is 0 Å². The highest BCUT2D eigenvalue weighted by molar-refractivity contribution is 4.97. The fourth-order valence-corrected chi connectivity index (χ4v) is 1.76. The summed E-state index contributed by atoms with van der Waals surface area (Å²) < 4.78 is 5.38. The molecule has 1 aliphatic rings. The number of ether oxygens (including phenoxy) is 1. The van der Waals surface area contributed by atoms with Gasteiger partial charge in [0.1, 0.15) is 12.2 Å². The summed E-state index contributed by atoms with van der Waals surface area (Å²) in [7, 11) is 0. The first-order valence-electron chi connectivity index (χ1n) is 5.06. The molecular formula is C9H20N2O3. The van der Waals surface area contributed by atoms with Crippen LogP contribution in [-0.4, -0.2) is 47.2 Å². The standard InChI is InChI=1S/C9H20N2O3/c1-2-3-14-9-6(11)4-5(10)7(12)8(9)13/h5-9,12-13H,2-4,10-11H2,1H3/t5-,6+,7+,8-,9-/m1/s1. The minimum atomic E-state index is -0.972. The molecule has 5 heteroatoms. The van der Waals surface area contributed by atoms with Crippen LogP contribution >= 0.6 is 0 Å². The lowest BCUT2D eigenvalue weighted by Crippen LogP contribution is -2.62. The third-order valence-electron chi connectivity index (χ3n) is 2.61. The van der Waals surface area contributed by atoms with Gasteiger partial charge >= 0.3 is 0 Å². The lowest BCUT2D eigenvalue weighted by molar-refractivity contribution is -0.126. The number of nitrogens with two attached hydrogens (primary N) is 2. The Morgan fingerprint density at radius 2 is 1.86 bits per heavy atom. The van der Waals surface area contributed by atoms with Crippen LogP contribution in [0, 0.1) is 0 Å². The molecule has 0 aromatic carbocycles. The second-order valence-corrected chi connectivity index (χ2v) is 3.88. The second-order valence-electron chi connectivity index (χ2n) is 3.88. The van der Waals surface area contributed by atoms with E-state index in [0.717, 1.165) is 6.42 Å². The van der Waals surface area contributed by atoms with E-state index in [1.807, 2.05) is 6.92 Å². The molecular weight excluding hydrogens is 184 g/mol. The van der Waals surface area contributed by atoms with Crippen molar-refractivity contribution in [1.82, 2.24) is 0 Å². The summed E-state index contributed by atoms with van der Waals surface area (Å²) in [5.74, 6) is 0. The van der Waals surface area contributed by atoms with E-state index in [-0.39, 0.29) is 6.04 Å². The van der Waals surface area contributed by atoms with Gasteiger partial charge in [0.15, 0.2) is 0 Å². The van der Waals surface area contributed by atoms with Gasteiger partial charge in [-0.05, 0) is 12.8 Å². The highest BCUT2D eigenvalue weighted by atomic mass is 16.5. The average molecular weight is 204 g/mol. The summed E-state index contributed by atoms with van der Waals surface area (Å²) in [5, 5.41) is 19.2. The molecule has 14 heavy (non-hydrogen) atoms. The van der Waals surface area contributed by atoms with Crippen molar-refractivity contribution in [2.24, 2.45) is 11.5 Å². The summed E-state index contributed by atoms with van der Waals surface area (Å²) in [4.78, 5) is 0. The van der Waals surface area contributed by atoms with Crippen molar-refractivity contribution in [3.8, 4) is 0 Å². The van der Waals surface area contributed by atoms with Crippen molar-refractivity contribution in [1.29, 1.82) is 0 Å². The SMILES string of the molecule is CCCO[C@H]1[C@H](O)[C@@H](O)[C@H](N)C[C@@H]1N. The normalized spacial score (nSPS) is 43.9. The van der Waals surface area contributed by atoms with E-state index in [2.05, 4.69) is 0 Å². The van der Waals surface area contributed by atoms with Crippen LogP contribution in [-0.2, 0) is 4.74 Å². The Hall–Kier alpha value is -0.200. The molecule has 0 amide bonds. The van der Waals surface area contributed by atoms with Crippen LogP contribution in [0.25, 0.3) is 0 Å². The van der Waals surface area contributed by atoms with Crippen molar-refractivity contribution >= 4 is 0 Å². The van der Waals surface area contributed by atoms with E-state index in [0.29, 0.717) is 13.0 Å². The van der Waals surface area contributed by atoms with Crippen LogP contribution < -0.4 is 11.5 Å². The molecule has 0 bridgehead atoms. The Morgan fingerprint density at radius 3 is 2.43 bits per heavy atom. The minimum Gasteiger partial charge on any atom is -0.389 e. The molecule has 6 N–H and O–H groups in total. The number of hydrogen-bond donors (Lipinski definition) is 4. The van der Waals surface area contributed by atoms with E-state index in [1.54, 1.807) is 0 Å². The molecule has 0 aromatic rings. The van der Waals surface area contributed by atoms with Gasteiger partial charge in [-0.1, -0.05) is 6.92 Å². The highest BCUT2D eigenvalue weighted by Crippen LogP contribution is 2.20. The van der Waals surface area contributed by atoms with Crippen LogP contribution in [0.4, 0.5) is 0 Å². The molecule has 5 nitrogen and oxygen atoms in total. The van der Waals surface area contributed by atoms with Gasteiger partial charge in [0, 0.05) is 18.7 Å². The second kappa shape index (κ2) is 5.04. The Bertz CT molecular complexity index is 179. The third kappa shape index (κ3) is 2.43. The molecule has 1 fully saturated rings. The van der Waals surface area contributed by atoms with Crippen molar-refractivity contribution in [3.63, 3.8) is 0 Å². The van der Waals surface area contributed by atoms with Gasteiger partial charge in [-0.2, -0.15) is 0 Å². The zero-order valence-corrected chi connectivity index (χ0v) is 8.47. The van der Waals surface area contributed by atoms with Gasteiger partial charge in [0.25, 0.3) is 0 Å². The average Bonchev–Trinajstić information content (AvgIpc) is 2.14. The number of aliphatic hydroxyl groups is 2. The Morgan fingerprint density at radius 1 is 1.21 bits per heavy atom. The summed E-state index contributed by atoms with van der Waals surface area (Å²) in [6, 6.07) is -0.753. The van der Waals surface area contributed by atoms with E-state index >= 15 is 0 Å². The molecule has 0 spiro atoms. The van der Waals surface area contributed by atoms with Crippen molar-refractivity contribution in [2.45, 2.75) is 50.2 Å². The van der Waals surface area contributed by atoms with Crippen molar-refractivity contribution < 1.29 is 14.9 Å². The Labute approximate surface area is 84.0 Å². The third-order valence-corrected chi connectivity index (χ3v) is 2.61. The predicted molar refractivity (Wildman–Crippen MR) is 52.6 cm³/mol. The van der Waals surface area contributed by atoms with E-state index in [4.69, 9.17) is 16.2 Å². The molecule has 1 rings (SSSR count). The zero-order chi connectivity index (χ0) is 10.7. The van der Waals surface area contributed by atoms with Crippen LogP contribution in [0.1, 0.15) is 19.8 Å². The molecule has 0 heterocycles. The number of hydrogen-bond acceptors (Lipinski definition) is 5. The van der Waals surface area contributed by atoms with Crippen LogP contribution in [0.2, 0.25) is 0 Å². The summed E-state index contributed by atoms with van der Waals surface area (Å²) in [6.45, 7) is 2.51. The highest BCUT2D eigenvalue weighted by Gasteiger charge is 2.40. The monoisotopic (exact) mass is 204 g/mol. The Balaban J connectivity index is 2.55. The summed E-state index contributed by atoms with van der Waals surface area (Å²) >= 11 is 0. The Kier molecular flexibility index (Phi) is 4.28. The van der Waals surface area contributed by atoms with Crippen LogP contribution in [0.5, 0.6) is 0 Å². The molecule has 0 saturated heterocycles. The quantitative estimate of drug-likeness (QED) is 0.451. The first-order chi connectivity index (χ1) is 6.57. The lowest BCUT2D eigenvalue weighted by atomic mass is 9.85. The van der Waals surface area contributed by atoms with E-state index in [1.165, 1.54) is 0 Å². The molecule has 5 atom stereocenters. The van der Waals surface area contributed by atoms with E-state index in [9.17, 15) is 10.2 Å². The number of rotatable bonds is 3. The maximum atomic E-state index is 9.67. The molecule has 0 aliphatic heterocycles. The molecule has 0 aromatic heterocycles. The van der Waals surface area contributed by atoms with E-state index < -0.39 is 24.4 Å². The molecule has 0 unspecified atom stereocenters. The summed E-state index contributed by atoms with van der Waals surface area (Å²) in [6.07, 6.45) is -1.06. The number of aliphatic hydroxyl groups excluding tert-OH is 2. The maximum Gasteiger partial charge on any atom is 0.109 e.